The summed E-state index contributed by atoms with van der Waals surface area (Å²) in [5.41, 5.74) is 4.57. The summed E-state index contributed by atoms with van der Waals surface area (Å²) in [7, 11) is 0. The highest BCUT2D eigenvalue weighted by Crippen LogP contribution is 2.15. The molecule has 0 aromatic carbocycles. The number of amides is 3. The van der Waals surface area contributed by atoms with Gasteiger partial charge >= 0.3 is 12.1 Å². The van der Waals surface area contributed by atoms with Crippen molar-refractivity contribution >= 4 is 12.1 Å². The van der Waals surface area contributed by atoms with E-state index < -0.39 is 11.6 Å². The van der Waals surface area contributed by atoms with Crippen LogP contribution in [0.1, 0.15) is 33.6 Å². The molecule has 1 heterocycles. The molecule has 0 unspecified atom stereocenters. The van der Waals surface area contributed by atoms with E-state index in [1.165, 1.54) is 0 Å². The topological polar surface area (TPSA) is 84.7 Å². The second kappa shape index (κ2) is 5.25. The Morgan fingerprint density at radius 3 is 2.24 bits per heavy atom. The molecule has 0 aromatic heterocycles. The van der Waals surface area contributed by atoms with Gasteiger partial charge in [0.05, 0.1) is 0 Å². The first-order chi connectivity index (χ1) is 7.78. The molecule has 0 atom stereocenters. The zero-order valence-corrected chi connectivity index (χ0v) is 10.7. The number of carbonyl (C=O) groups is 2. The summed E-state index contributed by atoms with van der Waals surface area (Å²) in [6.45, 7) is 6.69. The van der Waals surface area contributed by atoms with E-state index in [4.69, 9.17) is 10.5 Å². The van der Waals surface area contributed by atoms with Gasteiger partial charge in [-0.2, -0.15) is 0 Å². The molecule has 98 valence electrons. The summed E-state index contributed by atoms with van der Waals surface area (Å²) in [6, 6.07) is -0.452. The maximum Gasteiger partial charge on any atom is 0.410 e. The van der Waals surface area contributed by atoms with E-state index in [-0.39, 0.29) is 12.1 Å². The summed E-state index contributed by atoms with van der Waals surface area (Å²) in [6.07, 6.45) is 1.12. The lowest BCUT2D eigenvalue weighted by molar-refractivity contribution is 0.0202. The third-order valence-corrected chi connectivity index (χ3v) is 2.49. The SMILES string of the molecule is CC(C)(C)OC(=O)N1CCC(NC(N)=O)CC1. The molecule has 0 bridgehead atoms. The van der Waals surface area contributed by atoms with Crippen LogP contribution in [0.5, 0.6) is 0 Å². The molecule has 1 saturated heterocycles. The van der Waals surface area contributed by atoms with Crippen molar-refractivity contribution in [3.05, 3.63) is 0 Å². The van der Waals surface area contributed by atoms with E-state index in [2.05, 4.69) is 5.32 Å². The number of nitrogens with zero attached hydrogens (tertiary/aromatic N) is 1. The zero-order valence-electron chi connectivity index (χ0n) is 10.7. The number of ether oxygens (including phenoxy) is 1. The molecule has 0 spiro atoms. The van der Waals surface area contributed by atoms with Crippen molar-refractivity contribution in [2.24, 2.45) is 5.73 Å². The number of nitrogens with one attached hydrogen (secondary N) is 1. The highest BCUT2D eigenvalue weighted by Gasteiger charge is 2.26. The molecule has 0 aromatic rings. The van der Waals surface area contributed by atoms with Gasteiger partial charge in [-0.1, -0.05) is 0 Å². The normalized spacial score (nSPS) is 17.7. The third kappa shape index (κ3) is 4.93. The van der Waals surface area contributed by atoms with Crippen LogP contribution in [0.2, 0.25) is 0 Å². The van der Waals surface area contributed by atoms with Crippen molar-refractivity contribution in [1.82, 2.24) is 10.2 Å². The van der Waals surface area contributed by atoms with Gasteiger partial charge in [0, 0.05) is 19.1 Å². The zero-order chi connectivity index (χ0) is 13.1. The Morgan fingerprint density at radius 2 is 1.82 bits per heavy atom. The van der Waals surface area contributed by atoms with Crippen LogP contribution in [-0.2, 0) is 4.74 Å². The Hall–Kier alpha value is -1.46. The number of hydrogen-bond acceptors (Lipinski definition) is 3. The van der Waals surface area contributed by atoms with Gasteiger partial charge in [-0.25, -0.2) is 9.59 Å². The van der Waals surface area contributed by atoms with Gasteiger partial charge in [-0.05, 0) is 33.6 Å². The van der Waals surface area contributed by atoms with Crippen LogP contribution in [0, 0.1) is 0 Å². The minimum atomic E-state index is -0.513. The highest BCUT2D eigenvalue weighted by molar-refractivity contribution is 5.72. The van der Waals surface area contributed by atoms with Crippen molar-refractivity contribution in [2.75, 3.05) is 13.1 Å². The van der Waals surface area contributed by atoms with Gasteiger partial charge in [0.25, 0.3) is 0 Å². The molecule has 3 amide bonds. The lowest BCUT2D eigenvalue weighted by atomic mass is 10.1. The van der Waals surface area contributed by atoms with Crippen molar-refractivity contribution in [3.8, 4) is 0 Å². The first kappa shape index (κ1) is 13.6. The fraction of sp³-hybridized carbons (Fsp3) is 0.818. The number of piperidine rings is 1. The van der Waals surface area contributed by atoms with E-state index in [1.54, 1.807) is 4.90 Å². The van der Waals surface area contributed by atoms with Crippen LogP contribution in [0.3, 0.4) is 0 Å². The highest BCUT2D eigenvalue weighted by atomic mass is 16.6. The summed E-state index contributed by atoms with van der Waals surface area (Å²) in [5.74, 6) is 0. The molecule has 0 saturated carbocycles. The number of likely N-dealkylation sites (tertiary alicyclic amines) is 1. The molecule has 1 fully saturated rings. The molecule has 1 rings (SSSR count). The summed E-state index contributed by atoms with van der Waals surface area (Å²) in [5, 5.41) is 2.65. The molecule has 0 aliphatic carbocycles. The number of urea groups is 1. The Balaban J connectivity index is 2.36. The maximum absolute atomic E-state index is 11.7. The van der Waals surface area contributed by atoms with Crippen LogP contribution in [-0.4, -0.2) is 41.8 Å². The molecular formula is C11H21N3O3. The van der Waals surface area contributed by atoms with E-state index >= 15 is 0 Å². The molecule has 1 aliphatic rings. The number of rotatable bonds is 1. The first-order valence-corrected chi connectivity index (χ1v) is 5.82. The first-order valence-electron chi connectivity index (χ1n) is 5.82. The van der Waals surface area contributed by atoms with Crippen LogP contribution in [0.15, 0.2) is 0 Å². The average Bonchev–Trinajstić information content (AvgIpc) is 2.15. The number of carbonyl (C=O) groups excluding carboxylic acids is 2. The Morgan fingerprint density at radius 1 is 1.29 bits per heavy atom. The summed E-state index contributed by atoms with van der Waals surface area (Å²) >= 11 is 0. The van der Waals surface area contributed by atoms with Crippen molar-refractivity contribution in [2.45, 2.75) is 45.3 Å². The molecule has 6 nitrogen and oxygen atoms in total. The minimum Gasteiger partial charge on any atom is -0.444 e. The van der Waals surface area contributed by atoms with Crippen LogP contribution < -0.4 is 11.1 Å². The van der Waals surface area contributed by atoms with Gasteiger partial charge in [-0.3, -0.25) is 0 Å². The smallest absolute Gasteiger partial charge is 0.410 e. The summed E-state index contributed by atoms with van der Waals surface area (Å²) in [4.78, 5) is 24.1. The number of nitrogens with two attached hydrogens (primary N) is 1. The number of hydrogen-bond donors (Lipinski definition) is 2. The fourth-order valence-electron chi connectivity index (χ4n) is 1.73. The van der Waals surface area contributed by atoms with Crippen molar-refractivity contribution in [3.63, 3.8) is 0 Å². The second-order valence-electron chi connectivity index (χ2n) is 5.25. The Bertz CT molecular complexity index is 291. The minimum absolute atomic E-state index is 0.0613. The van der Waals surface area contributed by atoms with Crippen LogP contribution in [0.25, 0.3) is 0 Å². The second-order valence-corrected chi connectivity index (χ2v) is 5.25. The molecular weight excluding hydrogens is 222 g/mol. The molecule has 6 heteroatoms. The van der Waals surface area contributed by atoms with Crippen LogP contribution >= 0.6 is 0 Å². The van der Waals surface area contributed by atoms with E-state index in [9.17, 15) is 9.59 Å². The largest absolute Gasteiger partial charge is 0.444 e. The van der Waals surface area contributed by atoms with Crippen molar-refractivity contribution < 1.29 is 14.3 Å². The quantitative estimate of drug-likeness (QED) is 0.722. The van der Waals surface area contributed by atoms with E-state index in [0.717, 1.165) is 0 Å². The molecule has 1 aliphatic heterocycles. The Labute approximate surface area is 101 Å². The molecule has 3 N–H and O–H groups in total. The van der Waals surface area contributed by atoms with Crippen LogP contribution in [0.4, 0.5) is 9.59 Å². The van der Waals surface area contributed by atoms with Gasteiger partial charge in [0.15, 0.2) is 0 Å². The fourth-order valence-corrected chi connectivity index (χ4v) is 1.73. The maximum atomic E-state index is 11.7. The van der Waals surface area contributed by atoms with Gasteiger partial charge < -0.3 is 20.7 Å². The van der Waals surface area contributed by atoms with Gasteiger partial charge in [-0.15, -0.1) is 0 Å². The van der Waals surface area contributed by atoms with Gasteiger partial charge in [0.1, 0.15) is 5.60 Å². The molecule has 0 radical (unpaired) electrons. The van der Waals surface area contributed by atoms with E-state index in [0.29, 0.717) is 25.9 Å². The summed E-state index contributed by atoms with van der Waals surface area (Å²) < 4.78 is 5.27. The third-order valence-electron chi connectivity index (χ3n) is 2.49. The molecule has 17 heavy (non-hydrogen) atoms. The standard InChI is InChI=1S/C11H21N3O3/c1-11(2,3)17-10(16)14-6-4-8(5-7-14)13-9(12)15/h8H,4-7H2,1-3H3,(H3,12,13,15). The average molecular weight is 243 g/mol. The monoisotopic (exact) mass is 243 g/mol. The van der Waals surface area contributed by atoms with Gasteiger partial charge in [0.2, 0.25) is 0 Å². The predicted molar refractivity (Wildman–Crippen MR) is 63.5 cm³/mol. The Kier molecular flexibility index (Phi) is 4.20. The number of primary amides is 1. The van der Waals surface area contributed by atoms with E-state index in [1.807, 2.05) is 20.8 Å². The lowest BCUT2D eigenvalue weighted by Gasteiger charge is -2.33. The lowest BCUT2D eigenvalue weighted by Crippen LogP contribution is -2.48. The van der Waals surface area contributed by atoms with Crippen molar-refractivity contribution in [1.29, 1.82) is 0 Å². The predicted octanol–water partition coefficient (Wildman–Crippen LogP) is 1.05.